The van der Waals surface area contributed by atoms with Gasteiger partial charge in [-0.1, -0.05) is 21.6 Å². The van der Waals surface area contributed by atoms with Gasteiger partial charge in [-0.3, -0.25) is 0 Å². The Morgan fingerprint density at radius 1 is 1.00 bits per heavy atom. The summed E-state index contributed by atoms with van der Waals surface area (Å²) in [4.78, 5) is 4.54. The standard InChI is InChI=1S/C11H26N2S2/c1-11(13(4)5)7-10-15-14-9-6-8-12(2)3/h11H,6-10H2,1-5H3. The number of rotatable bonds is 9. The number of hydrogen-bond donors (Lipinski definition) is 0. The van der Waals surface area contributed by atoms with Crippen LogP contribution in [0.1, 0.15) is 19.8 Å². The minimum atomic E-state index is 0.708. The van der Waals surface area contributed by atoms with Crippen molar-refractivity contribution in [1.82, 2.24) is 9.80 Å². The fraction of sp³-hybridized carbons (Fsp3) is 1.00. The van der Waals surface area contributed by atoms with Crippen molar-refractivity contribution in [3.63, 3.8) is 0 Å². The van der Waals surface area contributed by atoms with Crippen LogP contribution < -0.4 is 0 Å². The highest BCUT2D eigenvalue weighted by molar-refractivity contribution is 8.76. The molecular weight excluding hydrogens is 224 g/mol. The molecule has 92 valence electrons. The molecule has 0 saturated heterocycles. The zero-order valence-corrected chi connectivity index (χ0v) is 12.5. The van der Waals surface area contributed by atoms with Crippen LogP contribution in [0.2, 0.25) is 0 Å². The molecule has 0 aromatic rings. The summed E-state index contributed by atoms with van der Waals surface area (Å²) in [6.07, 6.45) is 2.59. The van der Waals surface area contributed by atoms with Crippen LogP contribution in [0.3, 0.4) is 0 Å². The molecule has 1 unspecified atom stereocenters. The minimum absolute atomic E-state index is 0.708. The van der Waals surface area contributed by atoms with E-state index in [0.717, 1.165) is 0 Å². The lowest BCUT2D eigenvalue weighted by molar-refractivity contribution is 0.308. The molecule has 0 N–H and O–H groups in total. The summed E-state index contributed by atoms with van der Waals surface area (Å²) in [6.45, 7) is 3.50. The van der Waals surface area contributed by atoms with Crippen LogP contribution in [-0.4, -0.2) is 62.1 Å². The molecule has 0 aromatic heterocycles. The van der Waals surface area contributed by atoms with E-state index in [1.54, 1.807) is 0 Å². The van der Waals surface area contributed by atoms with E-state index in [4.69, 9.17) is 0 Å². The van der Waals surface area contributed by atoms with Crippen LogP contribution in [0, 0.1) is 0 Å². The largest absolute Gasteiger partial charge is 0.309 e. The van der Waals surface area contributed by atoms with Gasteiger partial charge in [0, 0.05) is 17.5 Å². The van der Waals surface area contributed by atoms with Crippen LogP contribution in [0.5, 0.6) is 0 Å². The van der Waals surface area contributed by atoms with E-state index in [1.165, 1.54) is 30.9 Å². The Labute approximate surface area is 104 Å². The summed E-state index contributed by atoms with van der Waals surface area (Å²) in [5.41, 5.74) is 0. The Bertz CT molecular complexity index is 141. The van der Waals surface area contributed by atoms with Crippen molar-refractivity contribution in [2.45, 2.75) is 25.8 Å². The lowest BCUT2D eigenvalue weighted by Crippen LogP contribution is -2.24. The number of hydrogen-bond acceptors (Lipinski definition) is 4. The molecule has 0 saturated carbocycles. The van der Waals surface area contributed by atoms with E-state index in [2.05, 4.69) is 44.9 Å². The van der Waals surface area contributed by atoms with E-state index >= 15 is 0 Å². The summed E-state index contributed by atoms with van der Waals surface area (Å²) in [5, 5.41) is 0. The Morgan fingerprint density at radius 3 is 2.13 bits per heavy atom. The van der Waals surface area contributed by atoms with Crippen LogP contribution in [0.15, 0.2) is 0 Å². The van der Waals surface area contributed by atoms with Gasteiger partial charge >= 0.3 is 0 Å². The van der Waals surface area contributed by atoms with E-state index in [0.29, 0.717) is 6.04 Å². The summed E-state index contributed by atoms with van der Waals surface area (Å²) in [7, 11) is 12.6. The Morgan fingerprint density at radius 2 is 1.60 bits per heavy atom. The van der Waals surface area contributed by atoms with Crippen LogP contribution in [-0.2, 0) is 0 Å². The van der Waals surface area contributed by atoms with E-state index in [9.17, 15) is 0 Å². The van der Waals surface area contributed by atoms with Gasteiger partial charge in [-0.05, 0) is 54.5 Å². The maximum Gasteiger partial charge on any atom is 0.00689 e. The Kier molecular flexibility index (Phi) is 10.2. The third-order valence-electron chi connectivity index (χ3n) is 2.42. The fourth-order valence-electron chi connectivity index (χ4n) is 1.03. The monoisotopic (exact) mass is 250 g/mol. The van der Waals surface area contributed by atoms with Gasteiger partial charge in [0.2, 0.25) is 0 Å². The quantitative estimate of drug-likeness (QED) is 0.458. The lowest BCUT2D eigenvalue weighted by Gasteiger charge is -2.18. The molecule has 0 spiro atoms. The van der Waals surface area contributed by atoms with Crippen molar-refractivity contribution in [2.75, 3.05) is 46.2 Å². The van der Waals surface area contributed by atoms with Gasteiger partial charge in [0.15, 0.2) is 0 Å². The van der Waals surface area contributed by atoms with Crippen molar-refractivity contribution in [1.29, 1.82) is 0 Å². The summed E-state index contributed by atoms with van der Waals surface area (Å²) >= 11 is 0. The summed E-state index contributed by atoms with van der Waals surface area (Å²) in [6, 6.07) is 0.708. The van der Waals surface area contributed by atoms with Crippen molar-refractivity contribution in [2.24, 2.45) is 0 Å². The third-order valence-corrected chi connectivity index (χ3v) is 4.94. The smallest absolute Gasteiger partial charge is 0.00689 e. The maximum atomic E-state index is 2.29. The first-order valence-electron chi connectivity index (χ1n) is 5.59. The van der Waals surface area contributed by atoms with Gasteiger partial charge in [-0.15, -0.1) is 0 Å². The Hall–Kier alpha value is 0.620. The molecule has 0 aliphatic carbocycles. The van der Waals surface area contributed by atoms with E-state index in [1.807, 2.05) is 21.6 Å². The van der Waals surface area contributed by atoms with Crippen molar-refractivity contribution in [3.05, 3.63) is 0 Å². The van der Waals surface area contributed by atoms with Crippen molar-refractivity contribution >= 4 is 21.6 Å². The summed E-state index contributed by atoms with van der Waals surface area (Å²) < 4.78 is 0. The first-order chi connectivity index (χ1) is 7.04. The van der Waals surface area contributed by atoms with E-state index < -0.39 is 0 Å². The van der Waals surface area contributed by atoms with Gasteiger partial charge in [0.1, 0.15) is 0 Å². The normalized spacial score (nSPS) is 13.8. The highest BCUT2D eigenvalue weighted by Gasteiger charge is 2.03. The molecule has 0 amide bonds. The van der Waals surface area contributed by atoms with E-state index in [-0.39, 0.29) is 0 Å². The average molecular weight is 250 g/mol. The average Bonchev–Trinajstić information content (AvgIpc) is 2.15. The molecule has 2 nitrogen and oxygen atoms in total. The topological polar surface area (TPSA) is 6.48 Å². The second-order valence-electron chi connectivity index (χ2n) is 4.40. The zero-order chi connectivity index (χ0) is 11.7. The fourth-order valence-corrected chi connectivity index (χ4v) is 3.30. The molecule has 15 heavy (non-hydrogen) atoms. The first kappa shape index (κ1) is 15.6. The van der Waals surface area contributed by atoms with Crippen LogP contribution >= 0.6 is 21.6 Å². The lowest BCUT2D eigenvalue weighted by atomic mass is 10.2. The third kappa shape index (κ3) is 10.9. The SMILES string of the molecule is CC(CCSSCCCN(C)C)N(C)C. The highest BCUT2D eigenvalue weighted by atomic mass is 33.1. The molecule has 0 fully saturated rings. The van der Waals surface area contributed by atoms with Gasteiger partial charge in [0.05, 0.1) is 0 Å². The van der Waals surface area contributed by atoms with Crippen LogP contribution in [0.4, 0.5) is 0 Å². The van der Waals surface area contributed by atoms with Crippen LogP contribution in [0.25, 0.3) is 0 Å². The molecule has 1 atom stereocenters. The molecule has 0 aliphatic heterocycles. The molecule has 0 rings (SSSR count). The molecule has 0 aromatic carbocycles. The molecule has 4 heteroatoms. The maximum absolute atomic E-state index is 2.29. The minimum Gasteiger partial charge on any atom is -0.309 e. The predicted molar refractivity (Wildman–Crippen MR) is 75.9 cm³/mol. The zero-order valence-electron chi connectivity index (χ0n) is 10.8. The Balaban J connectivity index is 3.11. The summed E-state index contributed by atoms with van der Waals surface area (Å²) in [5.74, 6) is 2.55. The second kappa shape index (κ2) is 9.82. The predicted octanol–water partition coefficient (Wildman–Crippen LogP) is 2.66. The second-order valence-corrected chi connectivity index (χ2v) is 7.10. The number of nitrogens with zero attached hydrogens (tertiary/aromatic N) is 2. The molecular formula is C11H26N2S2. The van der Waals surface area contributed by atoms with Gasteiger partial charge in [-0.25, -0.2) is 0 Å². The van der Waals surface area contributed by atoms with Crippen molar-refractivity contribution < 1.29 is 0 Å². The van der Waals surface area contributed by atoms with Gasteiger partial charge in [-0.2, -0.15) is 0 Å². The molecule has 0 radical (unpaired) electrons. The molecule has 0 aliphatic rings. The van der Waals surface area contributed by atoms with Gasteiger partial charge in [0.25, 0.3) is 0 Å². The van der Waals surface area contributed by atoms with Crippen molar-refractivity contribution in [3.8, 4) is 0 Å². The highest BCUT2D eigenvalue weighted by Crippen LogP contribution is 2.23. The first-order valence-corrected chi connectivity index (χ1v) is 8.08. The molecule has 0 heterocycles. The molecule has 0 bridgehead atoms. The van der Waals surface area contributed by atoms with Gasteiger partial charge < -0.3 is 9.80 Å².